The van der Waals surface area contributed by atoms with Crippen LogP contribution in [0.5, 0.6) is 0 Å². The number of imidazole rings is 2. The molecule has 3 heterocycles. The van der Waals surface area contributed by atoms with Gasteiger partial charge in [0.25, 0.3) is 5.82 Å². The van der Waals surface area contributed by atoms with Crippen LogP contribution in [0.3, 0.4) is 0 Å². The van der Waals surface area contributed by atoms with Gasteiger partial charge in [-0.25, -0.2) is 10.2 Å². The molecule has 9 nitrogen and oxygen atoms in total. The number of nitrogens with one attached hydrogen (secondary N) is 2. The van der Waals surface area contributed by atoms with Crippen LogP contribution in [-0.2, 0) is 7.05 Å². The molecular formula is C9H9N7O2S. The van der Waals surface area contributed by atoms with E-state index in [4.69, 9.17) is 5.21 Å². The van der Waals surface area contributed by atoms with E-state index >= 15 is 0 Å². The normalized spacial score (nSPS) is 13.0. The predicted molar refractivity (Wildman–Crippen MR) is 64.8 cm³/mol. The predicted octanol–water partition coefficient (Wildman–Crippen LogP) is -0.359. The molecule has 3 N–H and O–H groups in total. The van der Waals surface area contributed by atoms with Crippen molar-refractivity contribution in [3.63, 3.8) is 0 Å². The van der Waals surface area contributed by atoms with Crippen LogP contribution in [0.4, 0.5) is 5.82 Å². The maximum atomic E-state index is 11.1. The van der Waals surface area contributed by atoms with E-state index in [0.29, 0.717) is 15.6 Å². The Morgan fingerprint density at radius 1 is 1.47 bits per heavy atom. The van der Waals surface area contributed by atoms with Gasteiger partial charge < -0.3 is 14.8 Å². The molecule has 3 aromatic heterocycles. The number of hydrogen-bond acceptors (Lipinski definition) is 7. The van der Waals surface area contributed by atoms with Gasteiger partial charge in [0, 0.05) is 7.05 Å². The molecule has 19 heavy (non-hydrogen) atoms. The second-order valence-electron chi connectivity index (χ2n) is 3.73. The quantitative estimate of drug-likeness (QED) is 0.560. The third-order valence-electron chi connectivity index (χ3n) is 2.49. The van der Waals surface area contributed by atoms with E-state index in [1.54, 1.807) is 24.1 Å². The van der Waals surface area contributed by atoms with Gasteiger partial charge in [0.15, 0.2) is 10.1 Å². The minimum absolute atomic E-state index is 0.0122. The Labute approximate surface area is 110 Å². The van der Waals surface area contributed by atoms with Crippen LogP contribution in [0, 0.1) is 5.21 Å². The minimum Gasteiger partial charge on any atom is -0.594 e. The maximum Gasteiger partial charge on any atom is 0.291 e. The molecule has 0 saturated carbocycles. The number of aryl methyl sites for hydroxylation is 1. The third-order valence-corrected chi connectivity index (χ3v) is 3.63. The molecule has 3 aromatic rings. The summed E-state index contributed by atoms with van der Waals surface area (Å²) in [6, 6.07) is 0. The number of rotatable bonds is 3. The van der Waals surface area contributed by atoms with E-state index in [0.717, 1.165) is 5.52 Å². The largest absolute Gasteiger partial charge is 0.594 e. The average Bonchev–Trinajstić information content (AvgIpc) is 2.97. The van der Waals surface area contributed by atoms with E-state index in [1.165, 1.54) is 18.1 Å². The number of hydrogen-bond donors (Lipinski definition) is 3. The van der Waals surface area contributed by atoms with Gasteiger partial charge in [-0.05, 0) is 11.8 Å². The molecule has 0 saturated heterocycles. The first kappa shape index (κ1) is 12.0. The van der Waals surface area contributed by atoms with Crippen LogP contribution < -0.4 is 5.23 Å². The summed E-state index contributed by atoms with van der Waals surface area (Å²) in [5, 5.41) is 28.0. The highest BCUT2D eigenvalue weighted by Gasteiger charge is 2.19. The molecule has 98 valence electrons. The summed E-state index contributed by atoms with van der Waals surface area (Å²) in [4.78, 5) is 10.9. The zero-order chi connectivity index (χ0) is 13.4. The second-order valence-corrected chi connectivity index (χ2v) is 4.71. The van der Waals surface area contributed by atoms with E-state index in [2.05, 4.69) is 25.1 Å². The number of aromatic nitrogens is 6. The molecule has 0 aliphatic carbocycles. The number of quaternary nitrogens is 1. The highest BCUT2D eigenvalue weighted by Crippen LogP contribution is 2.32. The van der Waals surface area contributed by atoms with Crippen LogP contribution in [0.25, 0.3) is 11.0 Å². The first-order chi connectivity index (χ1) is 9.16. The summed E-state index contributed by atoms with van der Waals surface area (Å²) < 4.78 is 1.63. The summed E-state index contributed by atoms with van der Waals surface area (Å²) in [7, 11) is 1.72. The van der Waals surface area contributed by atoms with Crippen molar-refractivity contribution in [2.45, 2.75) is 10.1 Å². The molecular weight excluding hydrogens is 270 g/mol. The van der Waals surface area contributed by atoms with Gasteiger partial charge in [-0.15, -0.1) is 5.10 Å². The molecule has 0 aliphatic rings. The van der Waals surface area contributed by atoms with Gasteiger partial charge in [0.1, 0.15) is 11.8 Å². The molecule has 0 radical (unpaired) electrons. The number of H-pyrrole nitrogens is 1. The molecule has 0 spiro atoms. The molecule has 3 rings (SSSR count). The molecule has 1 unspecified atom stereocenters. The second kappa shape index (κ2) is 4.59. The SMILES string of the molecule is Cn1cnc([NH+]([O-])O)c1Sc1nncc2[nH]cnc12. The minimum atomic E-state index is -1.08. The lowest BCUT2D eigenvalue weighted by Crippen LogP contribution is -2.99. The highest BCUT2D eigenvalue weighted by molar-refractivity contribution is 7.99. The monoisotopic (exact) mass is 279 g/mol. The molecule has 10 heteroatoms. The Bertz CT molecular complexity index is 722. The molecule has 0 fully saturated rings. The average molecular weight is 279 g/mol. The standard InChI is InChI=1S/C9H9N7O2S/c1-15-4-12-7(16(17)18)9(15)19-8-6-5(2-13-14-8)10-3-11-6/h2-4,16-17H,1H3,(H,10,11). The lowest BCUT2D eigenvalue weighted by molar-refractivity contribution is -0.994. The van der Waals surface area contributed by atoms with Gasteiger partial charge >= 0.3 is 0 Å². The van der Waals surface area contributed by atoms with Crippen LogP contribution in [0.2, 0.25) is 0 Å². The van der Waals surface area contributed by atoms with Gasteiger partial charge in [0.05, 0.1) is 18.0 Å². The van der Waals surface area contributed by atoms with Crippen molar-refractivity contribution in [1.29, 1.82) is 0 Å². The molecule has 0 bridgehead atoms. The first-order valence-corrected chi connectivity index (χ1v) is 6.05. The van der Waals surface area contributed by atoms with Crippen LogP contribution in [0.1, 0.15) is 0 Å². The molecule has 0 aromatic carbocycles. The van der Waals surface area contributed by atoms with E-state index in [9.17, 15) is 5.21 Å². The van der Waals surface area contributed by atoms with Crippen molar-refractivity contribution in [2.75, 3.05) is 0 Å². The van der Waals surface area contributed by atoms with Gasteiger partial charge in [-0.3, -0.25) is 0 Å². The van der Waals surface area contributed by atoms with Gasteiger partial charge in [0.2, 0.25) is 0 Å². The van der Waals surface area contributed by atoms with Crippen molar-refractivity contribution in [1.82, 2.24) is 29.7 Å². The van der Waals surface area contributed by atoms with Crippen molar-refractivity contribution in [3.05, 3.63) is 24.1 Å². The lowest BCUT2D eigenvalue weighted by atomic mass is 10.5. The number of fused-ring (bicyclic) bond motifs is 1. The summed E-state index contributed by atoms with van der Waals surface area (Å²) in [5.41, 5.74) is 1.40. The first-order valence-electron chi connectivity index (χ1n) is 5.24. The van der Waals surface area contributed by atoms with E-state index in [-0.39, 0.29) is 5.82 Å². The van der Waals surface area contributed by atoms with Crippen LogP contribution in [0.15, 0.2) is 28.9 Å². The van der Waals surface area contributed by atoms with Gasteiger partial charge in [-0.2, -0.15) is 15.3 Å². The Kier molecular flexibility index (Phi) is 2.91. The summed E-state index contributed by atoms with van der Waals surface area (Å²) in [6.45, 7) is 0. The topological polar surface area (TPSA) is 120 Å². The fourth-order valence-electron chi connectivity index (χ4n) is 1.61. The van der Waals surface area contributed by atoms with Crippen molar-refractivity contribution in [3.8, 4) is 0 Å². The van der Waals surface area contributed by atoms with Crippen molar-refractivity contribution >= 4 is 28.6 Å². The van der Waals surface area contributed by atoms with Crippen molar-refractivity contribution < 1.29 is 10.4 Å². The van der Waals surface area contributed by atoms with Crippen LogP contribution in [-0.4, -0.2) is 34.9 Å². The molecule has 0 aliphatic heterocycles. The Hall–Kier alpha value is -2.01. The zero-order valence-electron chi connectivity index (χ0n) is 9.73. The fourth-order valence-corrected chi connectivity index (χ4v) is 2.56. The Morgan fingerprint density at radius 2 is 2.32 bits per heavy atom. The molecule has 0 amide bonds. The van der Waals surface area contributed by atoms with Gasteiger partial charge in [-0.1, -0.05) is 0 Å². The van der Waals surface area contributed by atoms with Crippen molar-refractivity contribution in [2.24, 2.45) is 7.05 Å². The molecule has 1 atom stereocenters. The number of aromatic amines is 1. The summed E-state index contributed by atoms with van der Waals surface area (Å²) >= 11 is 1.17. The smallest absolute Gasteiger partial charge is 0.291 e. The lowest BCUT2D eigenvalue weighted by Gasteiger charge is -2.10. The number of nitrogens with zero attached hydrogens (tertiary/aromatic N) is 5. The van der Waals surface area contributed by atoms with E-state index < -0.39 is 5.23 Å². The maximum absolute atomic E-state index is 11.1. The highest BCUT2D eigenvalue weighted by atomic mass is 32.2. The summed E-state index contributed by atoms with van der Waals surface area (Å²) in [5.74, 6) is -0.0122. The van der Waals surface area contributed by atoms with E-state index in [1.807, 2.05) is 0 Å². The van der Waals surface area contributed by atoms with Crippen LogP contribution >= 0.6 is 11.8 Å². The fraction of sp³-hybridized carbons (Fsp3) is 0.111. The Balaban J connectivity index is 2.06. The third kappa shape index (κ3) is 2.06. The Morgan fingerprint density at radius 3 is 3.11 bits per heavy atom. The summed E-state index contributed by atoms with van der Waals surface area (Å²) in [6.07, 6.45) is 4.55. The zero-order valence-corrected chi connectivity index (χ0v) is 10.5.